The van der Waals surface area contributed by atoms with E-state index in [0.717, 1.165) is 0 Å². The van der Waals surface area contributed by atoms with Crippen molar-refractivity contribution in [2.75, 3.05) is 30.4 Å². The monoisotopic (exact) mass is 305 g/mol. The van der Waals surface area contributed by atoms with Gasteiger partial charge in [-0.05, 0) is 12.8 Å². The number of nitrogen functional groups attached to an aromatic ring is 1. The van der Waals surface area contributed by atoms with Gasteiger partial charge in [-0.25, -0.2) is 22.7 Å². The molecule has 1 aromatic rings. The maximum Gasteiger partial charge on any atom is 0.211 e. The number of piperidine rings is 1. The van der Waals surface area contributed by atoms with Crippen molar-refractivity contribution in [1.82, 2.24) is 14.3 Å². The lowest BCUT2D eigenvalue weighted by Gasteiger charge is -2.31. The van der Waals surface area contributed by atoms with Gasteiger partial charge in [0.1, 0.15) is 12.0 Å². The molecule has 0 amide bonds. The standard InChI is InChI=1S/C10H16ClN5O2S/c1-19(17,18)16-4-2-7(3-5-16)15-10-8(12)9(11)13-6-14-10/h6-7H,2-5,12H2,1H3,(H,13,14,15). The average molecular weight is 306 g/mol. The summed E-state index contributed by atoms with van der Waals surface area (Å²) in [6.07, 6.45) is 3.97. The van der Waals surface area contributed by atoms with Crippen LogP contribution < -0.4 is 11.1 Å². The van der Waals surface area contributed by atoms with Crippen molar-refractivity contribution < 1.29 is 8.42 Å². The second-order valence-electron chi connectivity index (χ2n) is 4.51. The summed E-state index contributed by atoms with van der Waals surface area (Å²) < 4.78 is 24.3. The molecule has 0 aromatic carbocycles. The number of nitrogens with zero attached hydrogens (tertiary/aromatic N) is 3. The third-order valence-electron chi connectivity index (χ3n) is 3.10. The van der Waals surface area contributed by atoms with E-state index in [0.29, 0.717) is 37.4 Å². The fourth-order valence-corrected chi connectivity index (χ4v) is 3.02. The SMILES string of the molecule is CS(=O)(=O)N1CCC(Nc2ncnc(Cl)c2N)CC1. The lowest BCUT2D eigenvalue weighted by atomic mass is 10.1. The Balaban J connectivity index is 1.98. The Morgan fingerprint density at radius 1 is 1.42 bits per heavy atom. The van der Waals surface area contributed by atoms with Gasteiger partial charge in [0.15, 0.2) is 11.0 Å². The first-order valence-corrected chi connectivity index (χ1v) is 8.08. The number of hydrogen-bond donors (Lipinski definition) is 2. The number of nitrogens with one attached hydrogen (secondary N) is 1. The molecule has 1 aliphatic rings. The van der Waals surface area contributed by atoms with Crippen molar-refractivity contribution in [2.45, 2.75) is 18.9 Å². The minimum absolute atomic E-state index is 0.131. The van der Waals surface area contributed by atoms with Gasteiger partial charge in [0.25, 0.3) is 0 Å². The highest BCUT2D eigenvalue weighted by atomic mass is 35.5. The number of aromatic nitrogens is 2. The van der Waals surface area contributed by atoms with Gasteiger partial charge in [-0.2, -0.15) is 0 Å². The maximum absolute atomic E-state index is 11.4. The zero-order chi connectivity index (χ0) is 14.0. The summed E-state index contributed by atoms with van der Waals surface area (Å²) in [5.41, 5.74) is 6.09. The lowest BCUT2D eigenvalue weighted by molar-refractivity contribution is 0.331. The molecule has 9 heteroatoms. The summed E-state index contributed by atoms with van der Waals surface area (Å²) in [7, 11) is -3.10. The maximum atomic E-state index is 11.4. The Labute approximate surface area is 117 Å². The van der Waals surface area contributed by atoms with Gasteiger partial charge in [-0.3, -0.25) is 0 Å². The molecule has 0 unspecified atom stereocenters. The first-order chi connectivity index (χ1) is 8.88. The van der Waals surface area contributed by atoms with Crippen molar-refractivity contribution in [1.29, 1.82) is 0 Å². The van der Waals surface area contributed by atoms with Crippen molar-refractivity contribution in [2.24, 2.45) is 0 Å². The van der Waals surface area contributed by atoms with Crippen molar-refractivity contribution >= 4 is 33.1 Å². The third kappa shape index (κ3) is 3.46. The summed E-state index contributed by atoms with van der Waals surface area (Å²) in [4.78, 5) is 7.82. The smallest absolute Gasteiger partial charge is 0.211 e. The minimum Gasteiger partial charge on any atom is -0.393 e. The Bertz CT molecular complexity index is 557. The summed E-state index contributed by atoms with van der Waals surface area (Å²) in [6, 6.07) is 0.131. The van der Waals surface area contributed by atoms with Crippen LogP contribution in [0.1, 0.15) is 12.8 Å². The summed E-state index contributed by atoms with van der Waals surface area (Å²) in [6.45, 7) is 0.991. The van der Waals surface area contributed by atoms with Crippen LogP contribution in [-0.4, -0.2) is 48.1 Å². The zero-order valence-electron chi connectivity index (χ0n) is 10.5. The van der Waals surface area contributed by atoms with Crippen LogP contribution in [0, 0.1) is 0 Å². The number of rotatable bonds is 3. The van der Waals surface area contributed by atoms with Crippen LogP contribution in [0.3, 0.4) is 0 Å². The molecule has 0 bridgehead atoms. The van der Waals surface area contributed by atoms with Gasteiger partial charge in [0.05, 0.1) is 6.26 Å². The van der Waals surface area contributed by atoms with Crippen LogP contribution in [-0.2, 0) is 10.0 Å². The van der Waals surface area contributed by atoms with Crippen LogP contribution in [0.2, 0.25) is 5.15 Å². The number of sulfonamides is 1. The largest absolute Gasteiger partial charge is 0.393 e. The molecular weight excluding hydrogens is 290 g/mol. The topological polar surface area (TPSA) is 101 Å². The summed E-state index contributed by atoms with van der Waals surface area (Å²) >= 11 is 5.81. The molecule has 106 valence electrons. The molecule has 0 aliphatic carbocycles. The Kier molecular flexibility index (Phi) is 4.12. The second-order valence-corrected chi connectivity index (χ2v) is 6.85. The highest BCUT2D eigenvalue weighted by Crippen LogP contribution is 2.24. The molecule has 3 N–H and O–H groups in total. The molecule has 0 saturated carbocycles. The molecule has 0 spiro atoms. The van der Waals surface area contributed by atoms with Gasteiger partial charge in [-0.15, -0.1) is 0 Å². The first-order valence-electron chi connectivity index (χ1n) is 5.85. The van der Waals surface area contributed by atoms with Crippen molar-refractivity contribution in [3.8, 4) is 0 Å². The summed E-state index contributed by atoms with van der Waals surface area (Å²) in [5.74, 6) is 0.498. The van der Waals surface area contributed by atoms with Crippen LogP contribution >= 0.6 is 11.6 Å². The Morgan fingerprint density at radius 3 is 2.63 bits per heavy atom. The van der Waals surface area contributed by atoms with Gasteiger partial charge >= 0.3 is 0 Å². The van der Waals surface area contributed by atoms with Gasteiger partial charge in [0.2, 0.25) is 10.0 Å². The molecule has 0 radical (unpaired) electrons. The fourth-order valence-electron chi connectivity index (χ4n) is 2.01. The van der Waals surface area contributed by atoms with E-state index in [2.05, 4.69) is 15.3 Å². The summed E-state index contributed by atoms with van der Waals surface area (Å²) in [5, 5.41) is 3.39. The average Bonchev–Trinajstić information content (AvgIpc) is 2.35. The Hall–Kier alpha value is -1.12. The quantitative estimate of drug-likeness (QED) is 0.791. The number of nitrogens with two attached hydrogens (primary N) is 1. The van der Waals surface area contributed by atoms with Crippen LogP contribution in [0.5, 0.6) is 0 Å². The molecule has 1 aliphatic heterocycles. The number of anilines is 2. The highest BCUT2D eigenvalue weighted by Gasteiger charge is 2.25. The zero-order valence-corrected chi connectivity index (χ0v) is 12.1. The number of hydrogen-bond acceptors (Lipinski definition) is 6. The third-order valence-corrected chi connectivity index (χ3v) is 4.70. The van der Waals surface area contributed by atoms with Gasteiger partial charge in [0, 0.05) is 19.1 Å². The normalized spacial score (nSPS) is 18.4. The van der Waals surface area contributed by atoms with E-state index in [-0.39, 0.29) is 11.2 Å². The van der Waals surface area contributed by atoms with E-state index < -0.39 is 10.0 Å². The van der Waals surface area contributed by atoms with E-state index in [1.807, 2.05) is 0 Å². The molecule has 1 saturated heterocycles. The lowest BCUT2D eigenvalue weighted by Crippen LogP contribution is -2.42. The minimum atomic E-state index is -3.10. The predicted molar refractivity (Wildman–Crippen MR) is 74.5 cm³/mol. The van der Waals surface area contributed by atoms with E-state index in [9.17, 15) is 8.42 Å². The molecule has 2 heterocycles. The van der Waals surface area contributed by atoms with E-state index in [1.165, 1.54) is 16.9 Å². The van der Waals surface area contributed by atoms with Crippen LogP contribution in [0.15, 0.2) is 6.33 Å². The molecule has 2 rings (SSSR count). The van der Waals surface area contributed by atoms with Crippen molar-refractivity contribution in [3.63, 3.8) is 0 Å². The van der Waals surface area contributed by atoms with E-state index >= 15 is 0 Å². The molecular formula is C10H16ClN5O2S. The molecule has 1 fully saturated rings. The number of halogens is 1. The predicted octanol–water partition coefficient (Wildman–Crippen LogP) is 0.548. The molecule has 1 aromatic heterocycles. The molecule has 7 nitrogen and oxygen atoms in total. The van der Waals surface area contributed by atoms with Crippen LogP contribution in [0.4, 0.5) is 11.5 Å². The first kappa shape index (κ1) is 14.3. The fraction of sp³-hybridized carbons (Fsp3) is 0.600. The van der Waals surface area contributed by atoms with Gasteiger partial charge in [-0.1, -0.05) is 11.6 Å². The van der Waals surface area contributed by atoms with Crippen molar-refractivity contribution in [3.05, 3.63) is 11.5 Å². The molecule has 19 heavy (non-hydrogen) atoms. The highest BCUT2D eigenvalue weighted by molar-refractivity contribution is 7.88. The van der Waals surface area contributed by atoms with E-state index in [4.69, 9.17) is 17.3 Å². The Morgan fingerprint density at radius 2 is 2.05 bits per heavy atom. The van der Waals surface area contributed by atoms with Gasteiger partial charge < -0.3 is 11.1 Å². The van der Waals surface area contributed by atoms with Crippen LogP contribution in [0.25, 0.3) is 0 Å². The molecule has 0 atom stereocenters. The van der Waals surface area contributed by atoms with E-state index in [1.54, 1.807) is 0 Å². The second kappa shape index (κ2) is 5.48.